The molecule has 2 amide bonds. The van der Waals surface area contributed by atoms with Gasteiger partial charge in [-0.05, 0) is 25.5 Å². The Hall–Kier alpha value is -2.61. The zero-order valence-corrected chi connectivity index (χ0v) is 15.0. The lowest BCUT2D eigenvalue weighted by Gasteiger charge is -2.35. The fourth-order valence-corrected chi connectivity index (χ4v) is 3.80. The smallest absolute Gasteiger partial charge is 0.317 e. The molecule has 4 rings (SSSR count). The van der Waals surface area contributed by atoms with Gasteiger partial charge in [0.15, 0.2) is 0 Å². The van der Waals surface area contributed by atoms with Crippen molar-refractivity contribution >= 4 is 12.0 Å². The minimum Gasteiger partial charge on any atom is -0.467 e. The van der Waals surface area contributed by atoms with E-state index in [2.05, 4.69) is 15.6 Å². The number of amides is 2. The van der Waals surface area contributed by atoms with Gasteiger partial charge in [-0.3, -0.25) is 0 Å². The number of fused-ring (bicyclic) bond motifs is 2. The Balaban J connectivity index is 1.63. The summed E-state index contributed by atoms with van der Waals surface area (Å²) in [5.74, 6) is 1.41. The van der Waals surface area contributed by atoms with E-state index in [0.29, 0.717) is 38.8 Å². The van der Waals surface area contributed by atoms with Crippen LogP contribution in [0.25, 0.3) is 0 Å². The van der Waals surface area contributed by atoms with Gasteiger partial charge in [0.25, 0.3) is 0 Å². The second kappa shape index (κ2) is 6.60. The molecule has 2 aromatic rings. The van der Waals surface area contributed by atoms with Crippen LogP contribution in [0, 0.1) is 6.92 Å². The third kappa shape index (κ3) is 2.90. The molecule has 0 bridgehead atoms. The second-order valence-electron chi connectivity index (χ2n) is 6.89. The summed E-state index contributed by atoms with van der Waals surface area (Å²) in [6.45, 7) is 4.89. The Morgan fingerprint density at radius 1 is 1.42 bits per heavy atom. The average molecular weight is 357 g/mol. The molecule has 1 atom stereocenters. The maximum absolute atomic E-state index is 12.0. The van der Waals surface area contributed by atoms with Gasteiger partial charge >= 0.3 is 6.03 Å². The van der Waals surface area contributed by atoms with E-state index >= 15 is 0 Å². The molecule has 2 aliphatic heterocycles. The molecule has 138 valence electrons. The molecule has 4 heterocycles. The topological polar surface area (TPSA) is 92.5 Å². The Kier molecular flexibility index (Phi) is 4.28. The van der Waals surface area contributed by atoms with Crippen LogP contribution < -0.4 is 10.6 Å². The van der Waals surface area contributed by atoms with Crippen molar-refractivity contribution in [2.24, 2.45) is 0 Å². The minimum absolute atomic E-state index is 0.0593. The van der Waals surface area contributed by atoms with Gasteiger partial charge in [-0.15, -0.1) is 0 Å². The van der Waals surface area contributed by atoms with Crippen LogP contribution in [0.5, 0.6) is 0 Å². The fraction of sp³-hybridized carbons (Fsp3) is 0.500. The Bertz CT molecular complexity index is 807. The van der Waals surface area contributed by atoms with E-state index in [1.54, 1.807) is 13.3 Å². The highest BCUT2D eigenvalue weighted by atomic mass is 16.5. The number of urea groups is 1. The third-order valence-corrected chi connectivity index (χ3v) is 5.20. The lowest BCUT2D eigenvalue weighted by Crippen LogP contribution is -2.44. The molecule has 2 aromatic heterocycles. The number of furan rings is 1. The Labute approximate surface area is 151 Å². The van der Waals surface area contributed by atoms with E-state index in [9.17, 15) is 4.79 Å². The highest BCUT2D eigenvalue weighted by Gasteiger charge is 2.46. The lowest BCUT2D eigenvalue weighted by atomic mass is 9.80. The van der Waals surface area contributed by atoms with Crippen molar-refractivity contribution in [2.75, 3.05) is 32.1 Å². The molecule has 1 saturated heterocycles. The molecular weight excluding hydrogens is 334 g/mol. The van der Waals surface area contributed by atoms with Crippen molar-refractivity contribution in [1.29, 1.82) is 0 Å². The summed E-state index contributed by atoms with van der Waals surface area (Å²) >= 11 is 0. The zero-order valence-electron chi connectivity index (χ0n) is 15.0. The number of carbonyl (C=O) groups excluding carboxylic acids is 1. The molecule has 1 fully saturated rings. The number of nitrogens with zero attached hydrogens (tertiary/aromatic N) is 3. The minimum atomic E-state index is -0.269. The Morgan fingerprint density at radius 2 is 2.31 bits per heavy atom. The highest BCUT2D eigenvalue weighted by molar-refractivity contribution is 5.74. The van der Waals surface area contributed by atoms with E-state index < -0.39 is 0 Å². The van der Waals surface area contributed by atoms with Gasteiger partial charge in [0.2, 0.25) is 5.95 Å². The van der Waals surface area contributed by atoms with Gasteiger partial charge in [0.1, 0.15) is 5.76 Å². The number of rotatable bonds is 3. The van der Waals surface area contributed by atoms with Gasteiger partial charge < -0.3 is 24.7 Å². The summed E-state index contributed by atoms with van der Waals surface area (Å²) in [4.78, 5) is 23.3. The summed E-state index contributed by atoms with van der Waals surface area (Å²) in [6.07, 6.45) is 2.48. The van der Waals surface area contributed by atoms with Crippen LogP contribution in [0.15, 0.2) is 22.8 Å². The first-order chi connectivity index (χ1) is 12.6. The number of ether oxygens (including phenoxy) is 1. The van der Waals surface area contributed by atoms with Gasteiger partial charge in [-0.1, -0.05) is 0 Å². The van der Waals surface area contributed by atoms with Gasteiger partial charge in [0, 0.05) is 31.4 Å². The molecule has 0 saturated carbocycles. The molecule has 1 spiro atoms. The second-order valence-corrected chi connectivity index (χ2v) is 6.89. The van der Waals surface area contributed by atoms with Gasteiger partial charge in [-0.2, -0.15) is 0 Å². The summed E-state index contributed by atoms with van der Waals surface area (Å²) in [5.41, 5.74) is 2.69. The van der Waals surface area contributed by atoms with Crippen molar-refractivity contribution < 1.29 is 13.9 Å². The molecule has 0 radical (unpaired) electrons. The van der Waals surface area contributed by atoms with Crippen molar-refractivity contribution in [3.05, 3.63) is 41.1 Å². The van der Waals surface area contributed by atoms with Crippen molar-refractivity contribution in [2.45, 2.75) is 31.9 Å². The molecule has 8 heteroatoms. The predicted octanol–water partition coefficient (Wildman–Crippen LogP) is 1.80. The van der Waals surface area contributed by atoms with Crippen LogP contribution in [-0.2, 0) is 23.3 Å². The number of aromatic nitrogens is 2. The normalized spacial score (nSPS) is 21.7. The first-order valence-electron chi connectivity index (χ1n) is 8.80. The van der Waals surface area contributed by atoms with E-state index in [-0.39, 0.29) is 11.4 Å². The fourth-order valence-electron chi connectivity index (χ4n) is 3.80. The first-order valence-corrected chi connectivity index (χ1v) is 8.80. The molecule has 2 aliphatic rings. The maximum atomic E-state index is 12.0. The summed E-state index contributed by atoms with van der Waals surface area (Å²) in [5, 5.41) is 5.94. The van der Waals surface area contributed by atoms with Gasteiger partial charge in [-0.25, -0.2) is 14.8 Å². The molecule has 0 aliphatic carbocycles. The standard InChI is InChI=1S/C18H23N5O3/c1-12-14-9-25-11-18(5-6-23(10-18)17(24)19-2)15(14)22-16(21-12)20-8-13-4-3-7-26-13/h3-4,7H,5-6,8-11H2,1-2H3,(H,19,24)(H,20,21,22)/t18-/m1/s1. The van der Waals surface area contributed by atoms with Gasteiger partial charge in [0.05, 0.1) is 37.1 Å². The molecule has 8 nitrogen and oxygen atoms in total. The van der Waals surface area contributed by atoms with Crippen LogP contribution >= 0.6 is 0 Å². The van der Waals surface area contributed by atoms with Crippen LogP contribution in [0.3, 0.4) is 0 Å². The number of hydrogen-bond acceptors (Lipinski definition) is 6. The van der Waals surface area contributed by atoms with Crippen molar-refractivity contribution in [3.63, 3.8) is 0 Å². The van der Waals surface area contributed by atoms with Crippen LogP contribution in [-0.4, -0.2) is 47.6 Å². The van der Waals surface area contributed by atoms with E-state index in [4.69, 9.17) is 14.1 Å². The summed E-state index contributed by atoms with van der Waals surface area (Å²) in [6, 6.07) is 3.70. The largest absolute Gasteiger partial charge is 0.467 e. The monoisotopic (exact) mass is 357 g/mol. The molecular formula is C18H23N5O3. The number of aryl methyl sites for hydroxylation is 1. The number of nitrogens with one attached hydrogen (secondary N) is 2. The predicted molar refractivity (Wildman–Crippen MR) is 94.8 cm³/mol. The average Bonchev–Trinajstić information content (AvgIpc) is 3.31. The molecule has 0 unspecified atom stereocenters. The van der Waals surface area contributed by atoms with Crippen LogP contribution in [0.2, 0.25) is 0 Å². The highest BCUT2D eigenvalue weighted by Crippen LogP contribution is 2.40. The van der Waals surface area contributed by atoms with Crippen LogP contribution in [0.1, 0.15) is 29.1 Å². The van der Waals surface area contributed by atoms with Crippen molar-refractivity contribution in [1.82, 2.24) is 20.2 Å². The molecule has 0 aromatic carbocycles. The van der Waals surface area contributed by atoms with E-state index in [1.165, 1.54) is 0 Å². The lowest BCUT2D eigenvalue weighted by molar-refractivity contribution is 0.0514. The number of hydrogen-bond donors (Lipinski definition) is 2. The number of likely N-dealkylation sites (tertiary alicyclic amines) is 1. The Morgan fingerprint density at radius 3 is 3.08 bits per heavy atom. The molecule has 26 heavy (non-hydrogen) atoms. The molecule has 2 N–H and O–H groups in total. The summed E-state index contributed by atoms with van der Waals surface area (Å²) < 4.78 is 11.2. The quantitative estimate of drug-likeness (QED) is 0.870. The van der Waals surface area contributed by atoms with Crippen molar-refractivity contribution in [3.8, 4) is 0 Å². The van der Waals surface area contributed by atoms with E-state index in [0.717, 1.165) is 29.1 Å². The first kappa shape index (κ1) is 16.8. The number of anilines is 1. The van der Waals surface area contributed by atoms with Crippen LogP contribution in [0.4, 0.5) is 10.7 Å². The maximum Gasteiger partial charge on any atom is 0.317 e. The third-order valence-electron chi connectivity index (χ3n) is 5.20. The van der Waals surface area contributed by atoms with E-state index in [1.807, 2.05) is 24.0 Å². The zero-order chi connectivity index (χ0) is 18.1. The summed E-state index contributed by atoms with van der Waals surface area (Å²) in [7, 11) is 1.65. The SMILES string of the molecule is CNC(=O)N1CC[C@]2(COCc3c(C)nc(NCc4ccco4)nc32)C1. The number of carbonyl (C=O) groups is 1.